The summed E-state index contributed by atoms with van der Waals surface area (Å²) in [7, 11) is 4.60. The van der Waals surface area contributed by atoms with Gasteiger partial charge in [0, 0.05) is 13.5 Å². The molecule has 2 amide bonds. The lowest BCUT2D eigenvalue weighted by Gasteiger charge is -2.21. The van der Waals surface area contributed by atoms with Gasteiger partial charge in [-0.05, 0) is 48.4 Å². The summed E-state index contributed by atoms with van der Waals surface area (Å²) in [6.45, 7) is 0.140. The molecule has 0 aliphatic carbocycles. The van der Waals surface area contributed by atoms with E-state index in [-0.39, 0.29) is 31.8 Å². The molecular formula is C24H30N2O7. The topological polar surface area (TPSA) is 123 Å². The number of carbonyl (C=O) groups excluding carboxylic acids is 2. The van der Waals surface area contributed by atoms with Crippen LogP contribution < -0.4 is 24.8 Å². The van der Waals surface area contributed by atoms with E-state index in [2.05, 4.69) is 10.6 Å². The Morgan fingerprint density at radius 2 is 1.42 bits per heavy atom. The van der Waals surface area contributed by atoms with E-state index in [9.17, 15) is 19.5 Å². The largest absolute Gasteiger partial charge is 0.497 e. The first-order chi connectivity index (χ1) is 15.9. The van der Waals surface area contributed by atoms with Crippen molar-refractivity contribution in [3.8, 4) is 17.2 Å². The van der Waals surface area contributed by atoms with Crippen LogP contribution in [-0.2, 0) is 20.8 Å². The number of likely N-dealkylation sites (N-methyl/N-ethyl adjacent to an activating group) is 1. The van der Waals surface area contributed by atoms with Crippen molar-refractivity contribution >= 4 is 17.8 Å². The van der Waals surface area contributed by atoms with E-state index in [0.717, 1.165) is 5.56 Å². The summed E-state index contributed by atoms with van der Waals surface area (Å²) in [5, 5.41) is 14.5. The van der Waals surface area contributed by atoms with Gasteiger partial charge in [0.05, 0.1) is 33.2 Å². The standard InChI is InChI=1S/C24H30N2O7/c1-25-24(30)21(14-16-4-6-18(31-2)7-5-16)26-23(29)17(15-22(27)28)12-13-33-20-10-8-19(32-3)9-11-20/h4-11,17,21H,12-15H2,1-3H3,(H,25,30)(H,26,29)(H,27,28)/t17-,21+/m1/s1. The number of ether oxygens (including phenoxy) is 3. The number of amides is 2. The van der Waals surface area contributed by atoms with Crippen LogP contribution in [0.5, 0.6) is 17.2 Å². The number of hydrogen-bond acceptors (Lipinski definition) is 6. The van der Waals surface area contributed by atoms with E-state index in [1.807, 2.05) is 0 Å². The Morgan fingerprint density at radius 3 is 1.94 bits per heavy atom. The summed E-state index contributed by atoms with van der Waals surface area (Å²) < 4.78 is 15.9. The Bertz CT molecular complexity index is 913. The molecule has 0 saturated heterocycles. The number of aliphatic carboxylic acids is 1. The van der Waals surface area contributed by atoms with Crippen molar-refractivity contribution in [3.63, 3.8) is 0 Å². The minimum absolute atomic E-state index is 0.140. The lowest BCUT2D eigenvalue weighted by Crippen LogP contribution is -2.49. The van der Waals surface area contributed by atoms with Crippen LogP contribution in [0.4, 0.5) is 0 Å². The van der Waals surface area contributed by atoms with Crippen LogP contribution in [0.15, 0.2) is 48.5 Å². The highest BCUT2D eigenvalue weighted by Crippen LogP contribution is 2.19. The first-order valence-electron chi connectivity index (χ1n) is 10.5. The molecule has 9 heteroatoms. The molecule has 0 saturated carbocycles. The van der Waals surface area contributed by atoms with Crippen molar-refractivity contribution < 1.29 is 33.7 Å². The van der Waals surface area contributed by atoms with Gasteiger partial charge in [-0.15, -0.1) is 0 Å². The number of benzene rings is 2. The van der Waals surface area contributed by atoms with Gasteiger partial charge < -0.3 is 30.0 Å². The Balaban J connectivity index is 2.02. The highest BCUT2D eigenvalue weighted by Gasteiger charge is 2.27. The van der Waals surface area contributed by atoms with Gasteiger partial charge in [0.15, 0.2) is 0 Å². The molecule has 2 rings (SSSR count). The fourth-order valence-corrected chi connectivity index (χ4v) is 3.20. The van der Waals surface area contributed by atoms with Gasteiger partial charge >= 0.3 is 5.97 Å². The second kappa shape index (κ2) is 12.9. The molecule has 0 aromatic heterocycles. The first-order valence-corrected chi connectivity index (χ1v) is 10.5. The van der Waals surface area contributed by atoms with Crippen LogP contribution >= 0.6 is 0 Å². The molecule has 0 radical (unpaired) electrons. The molecule has 0 unspecified atom stereocenters. The molecule has 0 aliphatic rings. The number of carboxylic acids is 1. The molecule has 3 N–H and O–H groups in total. The smallest absolute Gasteiger partial charge is 0.304 e. The van der Waals surface area contributed by atoms with Crippen LogP contribution in [0.3, 0.4) is 0 Å². The second-order valence-electron chi connectivity index (χ2n) is 7.34. The minimum atomic E-state index is -1.11. The number of methoxy groups -OCH3 is 2. The van der Waals surface area contributed by atoms with E-state index in [4.69, 9.17) is 14.2 Å². The fraction of sp³-hybridized carbons (Fsp3) is 0.375. The van der Waals surface area contributed by atoms with Crippen molar-refractivity contribution in [1.29, 1.82) is 0 Å². The number of carboxylic acid groups (broad SMARTS) is 1. The quantitative estimate of drug-likeness (QED) is 0.420. The van der Waals surface area contributed by atoms with Crippen molar-refractivity contribution in [2.75, 3.05) is 27.9 Å². The van der Waals surface area contributed by atoms with Crippen molar-refractivity contribution in [3.05, 3.63) is 54.1 Å². The van der Waals surface area contributed by atoms with Gasteiger partial charge in [-0.25, -0.2) is 0 Å². The van der Waals surface area contributed by atoms with Gasteiger partial charge in [-0.1, -0.05) is 12.1 Å². The molecule has 0 fully saturated rings. The summed E-state index contributed by atoms with van der Waals surface area (Å²) in [5.74, 6) is -0.913. The Morgan fingerprint density at radius 1 is 0.879 bits per heavy atom. The minimum Gasteiger partial charge on any atom is -0.497 e. The van der Waals surface area contributed by atoms with Crippen LogP contribution in [0.1, 0.15) is 18.4 Å². The average molecular weight is 459 g/mol. The molecule has 9 nitrogen and oxygen atoms in total. The Labute approximate surface area is 193 Å². The maximum Gasteiger partial charge on any atom is 0.304 e. The monoisotopic (exact) mass is 458 g/mol. The highest BCUT2D eigenvalue weighted by molar-refractivity contribution is 5.90. The summed E-state index contributed by atoms with van der Waals surface area (Å²) in [6.07, 6.45) is 0.0471. The third kappa shape index (κ3) is 8.36. The van der Waals surface area contributed by atoms with Crippen molar-refractivity contribution in [2.45, 2.75) is 25.3 Å². The van der Waals surface area contributed by atoms with Gasteiger partial charge in [0.25, 0.3) is 0 Å². The van der Waals surface area contributed by atoms with E-state index in [1.54, 1.807) is 62.8 Å². The third-order valence-electron chi connectivity index (χ3n) is 5.06. The van der Waals surface area contributed by atoms with E-state index in [1.165, 1.54) is 7.05 Å². The molecular weight excluding hydrogens is 428 g/mol. The SMILES string of the molecule is CNC(=O)[C@H](Cc1ccc(OC)cc1)NC(=O)[C@H](CCOc1ccc(OC)cc1)CC(=O)O. The molecule has 0 spiro atoms. The van der Waals surface area contributed by atoms with Crippen molar-refractivity contribution in [1.82, 2.24) is 10.6 Å². The number of hydrogen-bond donors (Lipinski definition) is 3. The van der Waals surface area contributed by atoms with Gasteiger partial charge in [-0.3, -0.25) is 14.4 Å². The normalized spacial score (nSPS) is 12.2. The highest BCUT2D eigenvalue weighted by atomic mass is 16.5. The zero-order valence-electron chi connectivity index (χ0n) is 19.0. The third-order valence-corrected chi connectivity index (χ3v) is 5.06. The molecule has 2 aromatic carbocycles. The zero-order valence-corrected chi connectivity index (χ0v) is 19.0. The molecule has 2 atom stereocenters. The summed E-state index contributed by atoms with van der Waals surface area (Å²) in [6, 6.07) is 13.2. The van der Waals surface area contributed by atoms with Crippen LogP contribution in [0, 0.1) is 5.92 Å². The van der Waals surface area contributed by atoms with Gasteiger partial charge in [0.2, 0.25) is 11.8 Å². The number of rotatable bonds is 13. The summed E-state index contributed by atoms with van der Waals surface area (Å²) >= 11 is 0. The van der Waals surface area contributed by atoms with Crippen LogP contribution in [0.25, 0.3) is 0 Å². The van der Waals surface area contributed by atoms with Crippen LogP contribution in [-0.4, -0.2) is 56.8 Å². The zero-order chi connectivity index (χ0) is 24.2. The lowest BCUT2D eigenvalue weighted by atomic mass is 9.99. The van der Waals surface area contributed by atoms with Crippen LogP contribution in [0.2, 0.25) is 0 Å². The molecule has 0 aliphatic heterocycles. The summed E-state index contributed by atoms with van der Waals surface area (Å²) in [5.41, 5.74) is 0.822. The Hall–Kier alpha value is -3.75. The molecule has 33 heavy (non-hydrogen) atoms. The van der Waals surface area contributed by atoms with Gasteiger partial charge in [0.1, 0.15) is 23.3 Å². The average Bonchev–Trinajstić information content (AvgIpc) is 2.83. The number of nitrogens with one attached hydrogen (secondary N) is 2. The lowest BCUT2D eigenvalue weighted by molar-refractivity contribution is -0.141. The molecule has 2 aromatic rings. The predicted molar refractivity (Wildman–Crippen MR) is 122 cm³/mol. The van der Waals surface area contributed by atoms with E-state index >= 15 is 0 Å². The predicted octanol–water partition coefficient (Wildman–Crippen LogP) is 2.04. The molecule has 178 valence electrons. The fourth-order valence-electron chi connectivity index (χ4n) is 3.20. The second-order valence-corrected chi connectivity index (χ2v) is 7.34. The maximum atomic E-state index is 12.9. The molecule has 0 heterocycles. The van der Waals surface area contributed by atoms with Crippen molar-refractivity contribution in [2.24, 2.45) is 5.92 Å². The molecule has 0 bridgehead atoms. The van der Waals surface area contributed by atoms with Gasteiger partial charge in [-0.2, -0.15) is 0 Å². The Kier molecular flexibility index (Phi) is 10.0. The van der Waals surface area contributed by atoms with E-state index in [0.29, 0.717) is 17.2 Å². The summed E-state index contributed by atoms with van der Waals surface area (Å²) in [4.78, 5) is 36.6. The van der Waals surface area contributed by atoms with E-state index < -0.39 is 23.8 Å². The number of carbonyl (C=O) groups is 3. The first kappa shape index (κ1) is 25.5. The maximum absolute atomic E-state index is 12.9.